The van der Waals surface area contributed by atoms with Crippen molar-refractivity contribution in [1.29, 1.82) is 0 Å². The molecule has 1 aromatic heterocycles. The van der Waals surface area contributed by atoms with E-state index in [4.69, 9.17) is 4.74 Å². The topological polar surface area (TPSA) is 67.3 Å². The number of urea groups is 1. The zero-order valence-corrected chi connectivity index (χ0v) is 13.5. The maximum Gasteiger partial charge on any atom is 0.322 e. The van der Waals surface area contributed by atoms with Gasteiger partial charge < -0.3 is 15.0 Å². The zero-order valence-electron chi connectivity index (χ0n) is 13.5. The third kappa shape index (κ3) is 4.94. The molecule has 2 amide bonds. The van der Waals surface area contributed by atoms with Crippen LogP contribution < -0.4 is 5.32 Å². The molecule has 6 heteroatoms. The van der Waals surface area contributed by atoms with E-state index in [1.54, 1.807) is 12.4 Å². The predicted molar refractivity (Wildman–Crippen MR) is 85.9 cm³/mol. The van der Waals surface area contributed by atoms with Gasteiger partial charge in [0.2, 0.25) is 0 Å². The van der Waals surface area contributed by atoms with Crippen molar-refractivity contribution >= 4 is 11.7 Å². The zero-order chi connectivity index (χ0) is 15.8. The summed E-state index contributed by atoms with van der Waals surface area (Å²) in [7, 11) is 0. The van der Waals surface area contributed by atoms with Gasteiger partial charge in [-0.1, -0.05) is 13.8 Å². The van der Waals surface area contributed by atoms with Gasteiger partial charge in [-0.15, -0.1) is 0 Å². The molecule has 0 aliphatic carbocycles. The lowest BCUT2D eigenvalue weighted by Crippen LogP contribution is -2.42. The second-order valence-corrected chi connectivity index (χ2v) is 5.61. The molecule has 2 rings (SSSR count). The van der Waals surface area contributed by atoms with E-state index in [0.717, 1.165) is 44.7 Å². The van der Waals surface area contributed by atoms with Crippen LogP contribution in [-0.2, 0) is 11.2 Å². The average Bonchev–Trinajstić information content (AvgIpc) is 2.56. The molecule has 0 bridgehead atoms. The number of hydrogen-bond donors (Lipinski definition) is 1. The Kier molecular flexibility index (Phi) is 6.58. The minimum atomic E-state index is -0.108. The second-order valence-electron chi connectivity index (χ2n) is 5.61. The summed E-state index contributed by atoms with van der Waals surface area (Å²) in [4.78, 5) is 22.7. The Bertz CT molecular complexity index is 458. The molecule has 0 radical (unpaired) electrons. The van der Waals surface area contributed by atoms with Crippen molar-refractivity contribution < 1.29 is 9.53 Å². The molecule has 122 valence electrons. The van der Waals surface area contributed by atoms with Crippen molar-refractivity contribution in [1.82, 2.24) is 14.9 Å². The molecule has 1 aromatic rings. The number of hydrogen-bond acceptors (Lipinski definition) is 4. The number of nitrogens with one attached hydrogen (secondary N) is 1. The summed E-state index contributed by atoms with van der Waals surface area (Å²) in [5.41, 5.74) is 0.632. The van der Waals surface area contributed by atoms with Crippen LogP contribution >= 0.6 is 0 Å². The Morgan fingerprint density at radius 1 is 1.36 bits per heavy atom. The van der Waals surface area contributed by atoms with Crippen molar-refractivity contribution in [2.75, 3.05) is 25.0 Å². The number of carbonyl (C=O) groups excluding carboxylic acids is 1. The summed E-state index contributed by atoms with van der Waals surface area (Å²) in [6.45, 7) is 6.24. The minimum Gasteiger partial charge on any atom is -0.376 e. The van der Waals surface area contributed by atoms with Gasteiger partial charge in [0.05, 0.1) is 24.2 Å². The predicted octanol–water partition coefficient (Wildman–Crippen LogP) is 2.85. The fourth-order valence-electron chi connectivity index (χ4n) is 2.55. The van der Waals surface area contributed by atoms with E-state index in [0.29, 0.717) is 12.2 Å². The maximum atomic E-state index is 12.4. The Morgan fingerprint density at radius 3 is 2.73 bits per heavy atom. The molecule has 22 heavy (non-hydrogen) atoms. The Morgan fingerprint density at radius 2 is 2.14 bits per heavy atom. The number of anilines is 1. The quantitative estimate of drug-likeness (QED) is 0.877. The number of aryl methyl sites for hydroxylation is 1. The fraction of sp³-hybridized carbons (Fsp3) is 0.688. The molecular formula is C16H26N4O2. The smallest absolute Gasteiger partial charge is 0.322 e. The normalized spacial score (nSPS) is 18.0. The van der Waals surface area contributed by atoms with Crippen molar-refractivity contribution in [3.05, 3.63) is 18.2 Å². The molecule has 1 fully saturated rings. The van der Waals surface area contributed by atoms with Gasteiger partial charge in [0.15, 0.2) is 0 Å². The number of nitrogens with zero attached hydrogens (tertiary/aromatic N) is 3. The minimum absolute atomic E-state index is 0.108. The van der Waals surface area contributed by atoms with Crippen LogP contribution in [0.3, 0.4) is 0 Å². The maximum absolute atomic E-state index is 12.4. The van der Waals surface area contributed by atoms with Crippen molar-refractivity contribution in [2.45, 2.75) is 52.1 Å². The number of rotatable bonds is 6. The first kappa shape index (κ1) is 16.7. The Hall–Kier alpha value is -1.69. The molecular weight excluding hydrogens is 280 g/mol. The van der Waals surface area contributed by atoms with Gasteiger partial charge in [-0.2, -0.15) is 0 Å². The van der Waals surface area contributed by atoms with Crippen LogP contribution in [0.1, 0.15) is 45.4 Å². The van der Waals surface area contributed by atoms with E-state index in [9.17, 15) is 4.79 Å². The highest BCUT2D eigenvalue weighted by Gasteiger charge is 2.21. The summed E-state index contributed by atoms with van der Waals surface area (Å²) in [6.07, 6.45) is 8.51. The largest absolute Gasteiger partial charge is 0.376 e. The van der Waals surface area contributed by atoms with Crippen molar-refractivity contribution in [3.8, 4) is 0 Å². The van der Waals surface area contributed by atoms with Crippen molar-refractivity contribution in [3.63, 3.8) is 0 Å². The van der Waals surface area contributed by atoms with Gasteiger partial charge in [0.1, 0.15) is 5.82 Å². The monoisotopic (exact) mass is 306 g/mol. The molecule has 1 saturated heterocycles. The van der Waals surface area contributed by atoms with Crippen LogP contribution in [0.4, 0.5) is 10.5 Å². The third-order valence-corrected chi connectivity index (χ3v) is 3.75. The lowest BCUT2D eigenvalue weighted by atomic mass is 10.1. The van der Waals surface area contributed by atoms with E-state index < -0.39 is 0 Å². The van der Waals surface area contributed by atoms with E-state index >= 15 is 0 Å². The van der Waals surface area contributed by atoms with Gasteiger partial charge >= 0.3 is 6.03 Å². The summed E-state index contributed by atoms with van der Waals surface area (Å²) in [5, 5.41) is 2.87. The van der Waals surface area contributed by atoms with Gasteiger partial charge in [-0.3, -0.25) is 0 Å². The lowest BCUT2D eigenvalue weighted by molar-refractivity contribution is 0.00161. The van der Waals surface area contributed by atoms with Gasteiger partial charge in [-0.25, -0.2) is 14.8 Å². The SMILES string of the molecule is CCCN(CC1CCCCO1)C(=O)Nc1cnc(CC)nc1. The molecule has 1 aliphatic heterocycles. The molecule has 0 spiro atoms. The number of aromatic nitrogens is 2. The van der Waals surface area contributed by atoms with Crippen LogP contribution in [0.2, 0.25) is 0 Å². The number of ether oxygens (including phenoxy) is 1. The van der Waals surface area contributed by atoms with Crippen LogP contribution in [0, 0.1) is 0 Å². The summed E-state index contributed by atoms with van der Waals surface area (Å²) in [5.74, 6) is 0.777. The third-order valence-electron chi connectivity index (χ3n) is 3.75. The second kappa shape index (κ2) is 8.68. The molecule has 0 saturated carbocycles. The molecule has 1 atom stereocenters. The molecule has 1 aliphatic rings. The van der Waals surface area contributed by atoms with Crippen LogP contribution in [-0.4, -0.2) is 46.7 Å². The summed E-state index contributed by atoms with van der Waals surface area (Å²) < 4.78 is 5.74. The van der Waals surface area contributed by atoms with Crippen LogP contribution in [0.25, 0.3) is 0 Å². The highest BCUT2D eigenvalue weighted by molar-refractivity contribution is 5.88. The standard InChI is InChI=1S/C16H26N4O2/c1-3-8-20(12-14-7-5-6-9-22-14)16(21)19-13-10-17-15(4-2)18-11-13/h10-11,14H,3-9,12H2,1-2H3,(H,19,21). The first-order valence-electron chi connectivity index (χ1n) is 8.21. The van der Waals surface area contributed by atoms with Gasteiger partial charge in [-0.05, 0) is 25.7 Å². The highest BCUT2D eigenvalue weighted by atomic mass is 16.5. The molecule has 0 aromatic carbocycles. The molecule has 6 nitrogen and oxygen atoms in total. The molecule has 1 N–H and O–H groups in total. The fourth-order valence-corrected chi connectivity index (χ4v) is 2.55. The first-order chi connectivity index (χ1) is 10.7. The Labute approximate surface area is 132 Å². The van der Waals surface area contributed by atoms with E-state index in [-0.39, 0.29) is 12.1 Å². The van der Waals surface area contributed by atoms with E-state index in [1.165, 1.54) is 6.42 Å². The van der Waals surface area contributed by atoms with Gasteiger partial charge in [0, 0.05) is 26.1 Å². The number of amides is 2. The Balaban J connectivity index is 1.92. The van der Waals surface area contributed by atoms with E-state index in [2.05, 4.69) is 22.2 Å². The summed E-state index contributed by atoms with van der Waals surface area (Å²) >= 11 is 0. The molecule has 2 heterocycles. The average molecular weight is 306 g/mol. The van der Waals surface area contributed by atoms with Crippen LogP contribution in [0.5, 0.6) is 0 Å². The molecule has 1 unspecified atom stereocenters. The highest BCUT2D eigenvalue weighted by Crippen LogP contribution is 2.15. The van der Waals surface area contributed by atoms with Crippen LogP contribution in [0.15, 0.2) is 12.4 Å². The van der Waals surface area contributed by atoms with Gasteiger partial charge in [0.25, 0.3) is 0 Å². The lowest BCUT2D eigenvalue weighted by Gasteiger charge is -2.29. The van der Waals surface area contributed by atoms with Crippen molar-refractivity contribution in [2.24, 2.45) is 0 Å². The first-order valence-corrected chi connectivity index (χ1v) is 8.21. The summed E-state index contributed by atoms with van der Waals surface area (Å²) in [6, 6.07) is -0.108. The number of carbonyl (C=O) groups is 1. The van der Waals surface area contributed by atoms with E-state index in [1.807, 2.05) is 11.8 Å².